The Bertz CT molecular complexity index is 727. The second-order valence-corrected chi connectivity index (χ2v) is 6.36. The molecule has 1 aromatic heterocycles. The largest absolute Gasteiger partial charge is 0.479 e. The molecule has 0 spiro atoms. The van der Waals surface area contributed by atoms with Crippen molar-refractivity contribution in [2.24, 2.45) is 0 Å². The number of carbonyl (C=O) groups is 2. The Kier molecular flexibility index (Phi) is 4.34. The van der Waals surface area contributed by atoms with Crippen molar-refractivity contribution in [3.8, 4) is 5.75 Å². The molecule has 1 aromatic carbocycles. The van der Waals surface area contributed by atoms with Gasteiger partial charge in [0, 0.05) is 23.2 Å². The van der Waals surface area contributed by atoms with Crippen LogP contribution in [0.5, 0.6) is 5.75 Å². The van der Waals surface area contributed by atoms with Crippen LogP contribution in [-0.4, -0.2) is 24.5 Å². The summed E-state index contributed by atoms with van der Waals surface area (Å²) in [7, 11) is 0. The minimum Gasteiger partial charge on any atom is -0.479 e. The molecule has 1 atom stereocenters. The quantitative estimate of drug-likeness (QED) is 0.937. The van der Waals surface area contributed by atoms with Gasteiger partial charge < -0.3 is 15.0 Å². The van der Waals surface area contributed by atoms with Crippen molar-refractivity contribution in [3.63, 3.8) is 0 Å². The van der Waals surface area contributed by atoms with Gasteiger partial charge in [-0.1, -0.05) is 6.07 Å². The topological polar surface area (TPSA) is 58.6 Å². The van der Waals surface area contributed by atoms with E-state index < -0.39 is 6.10 Å². The Hall–Kier alpha value is -2.34. The maximum absolute atomic E-state index is 12.1. The summed E-state index contributed by atoms with van der Waals surface area (Å²) in [6.07, 6.45) is -0.162. The number of amides is 2. The Balaban J connectivity index is 1.77. The summed E-state index contributed by atoms with van der Waals surface area (Å²) in [6.45, 7) is 4.25. The highest BCUT2D eigenvalue weighted by atomic mass is 32.1. The summed E-state index contributed by atoms with van der Waals surface area (Å²) in [5.74, 6) is 0.502. The van der Waals surface area contributed by atoms with E-state index in [1.54, 1.807) is 35.3 Å². The molecule has 5 nitrogen and oxygen atoms in total. The minimum absolute atomic E-state index is 0.0468. The third-order valence-corrected chi connectivity index (χ3v) is 4.56. The van der Waals surface area contributed by atoms with Gasteiger partial charge in [0.15, 0.2) is 6.10 Å². The molecule has 3 rings (SSSR count). The molecule has 6 heteroatoms. The molecule has 1 N–H and O–H groups in total. The maximum atomic E-state index is 12.1. The van der Waals surface area contributed by atoms with Crippen LogP contribution in [0, 0.1) is 0 Å². The highest BCUT2D eigenvalue weighted by Gasteiger charge is 2.30. The van der Waals surface area contributed by atoms with E-state index in [0.717, 1.165) is 10.6 Å². The van der Waals surface area contributed by atoms with Crippen molar-refractivity contribution in [2.75, 3.05) is 16.8 Å². The Morgan fingerprint density at radius 3 is 2.91 bits per heavy atom. The van der Waals surface area contributed by atoms with Crippen LogP contribution in [0.4, 0.5) is 11.4 Å². The molecule has 0 saturated carbocycles. The maximum Gasteiger partial charge on any atom is 0.267 e. The number of nitrogens with zero attached hydrogens (tertiary/aromatic N) is 1. The summed E-state index contributed by atoms with van der Waals surface area (Å²) in [5, 5.41) is 4.82. The van der Waals surface area contributed by atoms with E-state index in [4.69, 9.17) is 4.74 Å². The van der Waals surface area contributed by atoms with Gasteiger partial charge in [-0.3, -0.25) is 9.59 Å². The summed E-state index contributed by atoms with van der Waals surface area (Å²) >= 11 is 1.56. The summed E-state index contributed by atoms with van der Waals surface area (Å²) in [4.78, 5) is 26.9. The number of hydrogen-bond acceptors (Lipinski definition) is 4. The first-order chi connectivity index (χ1) is 11.1. The van der Waals surface area contributed by atoms with Crippen LogP contribution in [0.25, 0.3) is 0 Å². The summed E-state index contributed by atoms with van der Waals surface area (Å²) in [6, 6.07) is 9.24. The molecule has 0 aliphatic carbocycles. The Morgan fingerprint density at radius 2 is 2.22 bits per heavy atom. The van der Waals surface area contributed by atoms with Gasteiger partial charge in [0.1, 0.15) is 5.75 Å². The van der Waals surface area contributed by atoms with Crippen molar-refractivity contribution in [1.29, 1.82) is 0 Å². The molecular formula is C17H18N2O3S. The minimum atomic E-state index is -0.514. The van der Waals surface area contributed by atoms with Gasteiger partial charge in [0.05, 0.1) is 12.1 Å². The number of nitrogens with one attached hydrogen (secondary N) is 1. The number of carbonyl (C=O) groups excluding carboxylic acids is 2. The molecule has 2 aromatic rings. The molecular weight excluding hydrogens is 312 g/mol. The lowest BCUT2D eigenvalue weighted by molar-refractivity contribution is -0.125. The Labute approximate surface area is 138 Å². The smallest absolute Gasteiger partial charge is 0.267 e. The van der Waals surface area contributed by atoms with Crippen molar-refractivity contribution >= 4 is 34.5 Å². The first kappa shape index (κ1) is 15.6. The van der Waals surface area contributed by atoms with Gasteiger partial charge in [-0.25, -0.2) is 0 Å². The number of thiophene rings is 1. The molecule has 1 unspecified atom stereocenters. The highest BCUT2D eigenvalue weighted by molar-refractivity contribution is 7.10. The number of ether oxygens (including phenoxy) is 1. The van der Waals surface area contributed by atoms with Crippen molar-refractivity contribution in [1.82, 2.24) is 0 Å². The van der Waals surface area contributed by atoms with Crippen molar-refractivity contribution in [3.05, 3.63) is 40.6 Å². The van der Waals surface area contributed by atoms with Crippen LogP contribution in [0.1, 0.15) is 18.7 Å². The first-order valence-electron chi connectivity index (χ1n) is 7.52. The molecule has 0 saturated heterocycles. The van der Waals surface area contributed by atoms with Gasteiger partial charge in [-0.2, -0.15) is 0 Å². The second-order valence-electron chi connectivity index (χ2n) is 5.33. The zero-order chi connectivity index (χ0) is 16.4. The molecule has 0 radical (unpaired) electrons. The van der Waals surface area contributed by atoms with Crippen LogP contribution < -0.4 is 15.0 Å². The lowest BCUT2D eigenvalue weighted by Gasteiger charge is -2.32. The number of hydrogen-bond donors (Lipinski definition) is 1. The third kappa shape index (κ3) is 3.22. The zero-order valence-electron chi connectivity index (χ0n) is 13.0. The molecule has 2 amide bonds. The van der Waals surface area contributed by atoms with Gasteiger partial charge in [-0.15, -0.1) is 11.3 Å². The fourth-order valence-electron chi connectivity index (χ4n) is 2.59. The first-order valence-corrected chi connectivity index (χ1v) is 8.40. The van der Waals surface area contributed by atoms with E-state index >= 15 is 0 Å². The average Bonchev–Trinajstić information content (AvgIpc) is 3.01. The van der Waals surface area contributed by atoms with E-state index in [2.05, 4.69) is 5.32 Å². The van der Waals surface area contributed by atoms with Crippen LogP contribution in [0.2, 0.25) is 0 Å². The van der Waals surface area contributed by atoms with E-state index in [1.807, 2.05) is 30.5 Å². The second kappa shape index (κ2) is 6.42. The number of fused-ring (bicyclic) bond motifs is 1. The molecule has 0 fully saturated rings. The van der Waals surface area contributed by atoms with Crippen LogP contribution in [-0.2, 0) is 16.0 Å². The monoisotopic (exact) mass is 330 g/mol. The normalized spacial score (nSPS) is 16.7. The predicted molar refractivity (Wildman–Crippen MR) is 91.2 cm³/mol. The van der Waals surface area contributed by atoms with Gasteiger partial charge >= 0.3 is 0 Å². The van der Waals surface area contributed by atoms with Crippen molar-refractivity contribution < 1.29 is 14.3 Å². The molecule has 1 aliphatic rings. The van der Waals surface area contributed by atoms with Crippen molar-refractivity contribution in [2.45, 2.75) is 26.4 Å². The summed E-state index contributed by atoms with van der Waals surface area (Å²) < 4.78 is 5.66. The van der Waals surface area contributed by atoms with E-state index in [-0.39, 0.29) is 11.8 Å². The molecule has 0 bridgehead atoms. The lowest BCUT2D eigenvalue weighted by Crippen LogP contribution is -2.44. The number of anilines is 2. The summed E-state index contributed by atoms with van der Waals surface area (Å²) in [5.41, 5.74) is 1.41. The highest BCUT2D eigenvalue weighted by Crippen LogP contribution is 2.36. The lowest BCUT2D eigenvalue weighted by atomic mass is 10.1. The Morgan fingerprint density at radius 1 is 1.39 bits per heavy atom. The average molecular weight is 330 g/mol. The van der Waals surface area contributed by atoms with Gasteiger partial charge in [-0.05, 0) is 37.4 Å². The standard InChI is InChI=1S/C17H18N2O3S/c1-3-19-14-7-6-12(9-15(14)22-11(2)17(19)21)18-16(20)10-13-5-4-8-23-13/h4-9,11H,3,10H2,1-2H3,(H,18,20). The fourth-order valence-corrected chi connectivity index (χ4v) is 3.29. The molecule has 120 valence electrons. The SMILES string of the molecule is CCN1C(=O)C(C)Oc2cc(NC(=O)Cc3cccs3)ccc21. The van der Waals surface area contributed by atoms with Crippen LogP contribution in [0.3, 0.4) is 0 Å². The fraction of sp³-hybridized carbons (Fsp3) is 0.294. The van der Waals surface area contributed by atoms with Crippen LogP contribution in [0.15, 0.2) is 35.7 Å². The molecule has 1 aliphatic heterocycles. The van der Waals surface area contributed by atoms with E-state index in [1.165, 1.54) is 0 Å². The number of likely N-dealkylation sites (N-methyl/N-ethyl adjacent to an activating group) is 1. The van der Waals surface area contributed by atoms with Crippen LogP contribution >= 0.6 is 11.3 Å². The number of benzene rings is 1. The van der Waals surface area contributed by atoms with E-state index in [9.17, 15) is 9.59 Å². The third-order valence-electron chi connectivity index (χ3n) is 3.68. The predicted octanol–water partition coefficient (Wildman–Crippen LogP) is 3.06. The van der Waals surface area contributed by atoms with Gasteiger partial charge in [0.25, 0.3) is 5.91 Å². The van der Waals surface area contributed by atoms with Gasteiger partial charge in [0.2, 0.25) is 5.91 Å². The molecule has 23 heavy (non-hydrogen) atoms. The number of rotatable bonds is 4. The zero-order valence-corrected chi connectivity index (χ0v) is 13.9. The molecule has 2 heterocycles. The van der Waals surface area contributed by atoms with E-state index in [0.29, 0.717) is 24.4 Å².